The summed E-state index contributed by atoms with van der Waals surface area (Å²) in [5.41, 5.74) is 0.862. The fourth-order valence-corrected chi connectivity index (χ4v) is 2.51. The molecule has 6 nitrogen and oxygen atoms in total. The number of amides is 1. The summed E-state index contributed by atoms with van der Waals surface area (Å²) in [5, 5.41) is 3.00. The van der Waals surface area contributed by atoms with E-state index >= 15 is 0 Å². The standard InChI is InChI=1S/C18H27N3O3/c1-18(2,8-9-23-3)21-16(22)14-10-19-15(13-6-7-13)17(20-14)24-11-12-4-5-12/h10,12-13H,4-9,11H2,1-3H3,(H,21,22). The molecular formula is C18H27N3O3. The number of aromatic nitrogens is 2. The Morgan fingerprint density at radius 3 is 2.71 bits per heavy atom. The van der Waals surface area contributed by atoms with Crippen LogP contribution in [0.3, 0.4) is 0 Å². The molecule has 0 spiro atoms. The van der Waals surface area contributed by atoms with Crippen LogP contribution in [0.4, 0.5) is 0 Å². The van der Waals surface area contributed by atoms with Gasteiger partial charge in [0.1, 0.15) is 11.4 Å². The lowest BCUT2D eigenvalue weighted by Gasteiger charge is -2.25. The van der Waals surface area contributed by atoms with Crippen molar-refractivity contribution in [1.29, 1.82) is 0 Å². The number of rotatable bonds is 9. The average Bonchev–Trinajstić information content (AvgIpc) is 3.44. The molecule has 0 unspecified atom stereocenters. The molecular weight excluding hydrogens is 306 g/mol. The Balaban J connectivity index is 1.69. The van der Waals surface area contributed by atoms with E-state index in [1.165, 1.54) is 12.8 Å². The molecule has 0 bridgehead atoms. The molecule has 1 aromatic heterocycles. The van der Waals surface area contributed by atoms with Gasteiger partial charge in [-0.2, -0.15) is 0 Å². The fraction of sp³-hybridized carbons (Fsp3) is 0.722. The van der Waals surface area contributed by atoms with E-state index in [1.807, 2.05) is 13.8 Å². The number of carbonyl (C=O) groups is 1. The van der Waals surface area contributed by atoms with Crippen LogP contribution < -0.4 is 10.1 Å². The van der Waals surface area contributed by atoms with Crippen LogP contribution in [-0.2, 0) is 4.74 Å². The van der Waals surface area contributed by atoms with Gasteiger partial charge in [0.25, 0.3) is 5.91 Å². The molecule has 1 N–H and O–H groups in total. The molecule has 1 heterocycles. The molecule has 0 saturated heterocycles. The lowest BCUT2D eigenvalue weighted by molar-refractivity contribution is 0.0881. The van der Waals surface area contributed by atoms with Crippen molar-refractivity contribution in [3.63, 3.8) is 0 Å². The molecule has 2 saturated carbocycles. The molecule has 6 heteroatoms. The average molecular weight is 333 g/mol. The summed E-state index contributed by atoms with van der Waals surface area (Å²) in [6.45, 7) is 5.22. The highest BCUT2D eigenvalue weighted by Crippen LogP contribution is 2.42. The van der Waals surface area contributed by atoms with Gasteiger partial charge in [0.05, 0.1) is 12.8 Å². The first-order valence-corrected chi connectivity index (χ1v) is 8.80. The summed E-state index contributed by atoms with van der Waals surface area (Å²) in [7, 11) is 1.66. The van der Waals surface area contributed by atoms with Gasteiger partial charge in [0.15, 0.2) is 0 Å². The number of hydrogen-bond donors (Lipinski definition) is 1. The predicted molar refractivity (Wildman–Crippen MR) is 90.3 cm³/mol. The smallest absolute Gasteiger partial charge is 0.272 e. The van der Waals surface area contributed by atoms with Crippen molar-refractivity contribution < 1.29 is 14.3 Å². The highest BCUT2D eigenvalue weighted by molar-refractivity contribution is 5.92. The first-order valence-electron chi connectivity index (χ1n) is 8.80. The van der Waals surface area contributed by atoms with E-state index in [-0.39, 0.29) is 11.4 Å². The SMILES string of the molecule is COCCC(C)(C)NC(=O)c1cnc(C2CC2)c(OCC2CC2)n1. The minimum atomic E-state index is -0.362. The number of nitrogens with one attached hydrogen (secondary N) is 1. The molecule has 2 fully saturated rings. The quantitative estimate of drug-likeness (QED) is 0.752. The molecule has 132 valence electrons. The lowest BCUT2D eigenvalue weighted by atomic mass is 10.0. The van der Waals surface area contributed by atoms with Crippen molar-refractivity contribution in [2.45, 2.75) is 57.4 Å². The molecule has 0 atom stereocenters. The van der Waals surface area contributed by atoms with Crippen LogP contribution in [-0.4, -0.2) is 41.7 Å². The van der Waals surface area contributed by atoms with E-state index in [0.29, 0.717) is 36.6 Å². The van der Waals surface area contributed by atoms with Crippen LogP contribution in [0.25, 0.3) is 0 Å². The van der Waals surface area contributed by atoms with Gasteiger partial charge in [-0.3, -0.25) is 9.78 Å². The Kier molecular flexibility index (Phi) is 5.04. The second kappa shape index (κ2) is 7.05. The predicted octanol–water partition coefficient (Wildman–Crippen LogP) is 2.69. The number of nitrogens with zero attached hydrogens (tertiary/aromatic N) is 2. The molecule has 0 radical (unpaired) electrons. The number of methoxy groups -OCH3 is 1. The fourth-order valence-electron chi connectivity index (χ4n) is 2.51. The summed E-state index contributed by atoms with van der Waals surface area (Å²) < 4.78 is 11.0. The highest BCUT2D eigenvalue weighted by Gasteiger charge is 2.32. The molecule has 0 aromatic carbocycles. The van der Waals surface area contributed by atoms with E-state index in [1.54, 1.807) is 13.3 Å². The zero-order chi connectivity index (χ0) is 17.2. The van der Waals surface area contributed by atoms with Crippen molar-refractivity contribution >= 4 is 5.91 Å². The molecule has 0 aliphatic heterocycles. The first-order chi connectivity index (χ1) is 11.5. The molecule has 2 aliphatic carbocycles. The van der Waals surface area contributed by atoms with Gasteiger partial charge in [-0.25, -0.2) is 4.98 Å². The van der Waals surface area contributed by atoms with Crippen molar-refractivity contribution in [3.05, 3.63) is 17.6 Å². The largest absolute Gasteiger partial charge is 0.476 e. The Morgan fingerprint density at radius 2 is 2.08 bits per heavy atom. The Labute approximate surface area is 143 Å². The van der Waals surface area contributed by atoms with Gasteiger partial charge >= 0.3 is 0 Å². The number of carbonyl (C=O) groups excluding carboxylic acids is 1. The highest BCUT2D eigenvalue weighted by atomic mass is 16.5. The Morgan fingerprint density at radius 1 is 1.33 bits per heavy atom. The van der Waals surface area contributed by atoms with Crippen molar-refractivity contribution in [2.75, 3.05) is 20.3 Å². The second-order valence-corrected chi connectivity index (χ2v) is 7.56. The van der Waals surface area contributed by atoms with Crippen molar-refractivity contribution in [2.24, 2.45) is 5.92 Å². The van der Waals surface area contributed by atoms with Crippen molar-refractivity contribution in [3.8, 4) is 5.88 Å². The van der Waals surface area contributed by atoms with Crippen LogP contribution in [0.5, 0.6) is 5.88 Å². The van der Waals surface area contributed by atoms with Gasteiger partial charge in [0, 0.05) is 25.2 Å². The van der Waals surface area contributed by atoms with Crippen LogP contribution in [0, 0.1) is 5.92 Å². The van der Waals surface area contributed by atoms with E-state index in [9.17, 15) is 4.79 Å². The van der Waals surface area contributed by atoms with E-state index < -0.39 is 0 Å². The molecule has 1 amide bonds. The number of hydrogen-bond acceptors (Lipinski definition) is 5. The van der Waals surface area contributed by atoms with Crippen LogP contribution in [0.2, 0.25) is 0 Å². The number of ether oxygens (including phenoxy) is 2. The normalized spacial score (nSPS) is 17.6. The van der Waals surface area contributed by atoms with Gasteiger partial charge in [0.2, 0.25) is 5.88 Å². The van der Waals surface area contributed by atoms with Gasteiger partial charge in [-0.1, -0.05) is 0 Å². The van der Waals surface area contributed by atoms with E-state index in [2.05, 4.69) is 15.3 Å². The van der Waals surface area contributed by atoms with Crippen LogP contribution >= 0.6 is 0 Å². The maximum atomic E-state index is 12.5. The molecule has 24 heavy (non-hydrogen) atoms. The minimum Gasteiger partial charge on any atom is -0.476 e. The third kappa shape index (κ3) is 4.66. The van der Waals surface area contributed by atoms with E-state index in [0.717, 1.165) is 25.0 Å². The zero-order valence-electron chi connectivity index (χ0n) is 14.8. The third-order valence-electron chi connectivity index (χ3n) is 4.50. The van der Waals surface area contributed by atoms with Gasteiger partial charge in [-0.15, -0.1) is 0 Å². The summed E-state index contributed by atoms with van der Waals surface area (Å²) >= 11 is 0. The van der Waals surface area contributed by atoms with Crippen LogP contribution in [0.1, 0.15) is 68.1 Å². The lowest BCUT2D eigenvalue weighted by Crippen LogP contribution is -2.44. The summed E-state index contributed by atoms with van der Waals surface area (Å²) in [4.78, 5) is 21.5. The summed E-state index contributed by atoms with van der Waals surface area (Å²) in [6, 6.07) is 0. The van der Waals surface area contributed by atoms with Crippen molar-refractivity contribution in [1.82, 2.24) is 15.3 Å². The second-order valence-electron chi connectivity index (χ2n) is 7.56. The summed E-state index contributed by atoms with van der Waals surface area (Å²) in [6.07, 6.45) is 7.00. The first kappa shape index (κ1) is 17.1. The Hall–Kier alpha value is -1.69. The molecule has 2 aliphatic rings. The summed E-state index contributed by atoms with van der Waals surface area (Å²) in [5.74, 6) is 1.42. The van der Waals surface area contributed by atoms with E-state index in [4.69, 9.17) is 9.47 Å². The minimum absolute atomic E-state index is 0.220. The maximum absolute atomic E-state index is 12.5. The van der Waals surface area contributed by atoms with Gasteiger partial charge < -0.3 is 14.8 Å². The van der Waals surface area contributed by atoms with Gasteiger partial charge in [-0.05, 0) is 51.9 Å². The third-order valence-corrected chi connectivity index (χ3v) is 4.50. The van der Waals surface area contributed by atoms with Crippen LogP contribution in [0.15, 0.2) is 6.20 Å². The zero-order valence-corrected chi connectivity index (χ0v) is 14.8. The monoisotopic (exact) mass is 333 g/mol. The topological polar surface area (TPSA) is 73.3 Å². The Bertz CT molecular complexity index is 595. The molecule has 1 aromatic rings. The molecule has 3 rings (SSSR count). The maximum Gasteiger partial charge on any atom is 0.272 e.